The van der Waals surface area contributed by atoms with Gasteiger partial charge in [0.15, 0.2) is 0 Å². The largest absolute Gasteiger partial charge is 0.435 e. The first-order chi connectivity index (χ1) is 9.63. The van der Waals surface area contributed by atoms with Crippen molar-refractivity contribution in [3.05, 3.63) is 59.7 Å². The Morgan fingerprint density at radius 1 is 1.15 bits per heavy atom. The van der Waals surface area contributed by atoms with Gasteiger partial charge in [-0.25, -0.2) is 0 Å². The van der Waals surface area contributed by atoms with Crippen molar-refractivity contribution in [2.75, 3.05) is 5.43 Å². The molecule has 0 aromatic heterocycles. The molecule has 2 aromatic carbocycles. The van der Waals surface area contributed by atoms with Crippen LogP contribution in [0.4, 0.5) is 14.5 Å². The van der Waals surface area contributed by atoms with E-state index in [1.54, 1.807) is 12.1 Å². The number of ether oxygens (including phenoxy) is 1. The quantitative estimate of drug-likeness (QED) is 0.660. The summed E-state index contributed by atoms with van der Waals surface area (Å²) in [7, 11) is 0. The van der Waals surface area contributed by atoms with Crippen LogP contribution in [-0.2, 0) is 0 Å². The number of hydrazone groups is 1. The molecule has 5 heteroatoms. The highest BCUT2D eigenvalue weighted by molar-refractivity contribution is 5.80. The second-order valence-electron chi connectivity index (χ2n) is 4.19. The minimum absolute atomic E-state index is 0.110. The second-order valence-corrected chi connectivity index (χ2v) is 4.19. The summed E-state index contributed by atoms with van der Waals surface area (Å²) in [6.45, 7) is -0.825. The van der Waals surface area contributed by atoms with E-state index < -0.39 is 6.61 Å². The zero-order valence-corrected chi connectivity index (χ0v) is 10.9. The average molecular weight is 276 g/mol. The van der Waals surface area contributed by atoms with Gasteiger partial charge < -0.3 is 4.74 Å². The lowest BCUT2D eigenvalue weighted by molar-refractivity contribution is -0.0498. The van der Waals surface area contributed by atoms with Crippen LogP contribution in [0.15, 0.2) is 53.6 Å². The fraction of sp³-hybridized carbons (Fsp3) is 0.133. The number of alkyl halides is 2. The molecular formula is C15H14F2N2O. The summed E-state index contributed by atoms with van der Waals surface area (Å²) < 4.78 is 28.5. The van der Waals surface area contributed by atoms with E-state index in [1.807, 2.05) is 31.2 Å². The van der Waals surface area contributed by atoms with Gasteiger partial charge in [-0.3, -0.25) is 5.43 Å². The van der Waals surface area contributed by atoms with Crippen molar-refractivity contribution in [3.63, 3.8) is 0 Å². The van der Waals surface area contributed by atoms with Gasteiger partial charge in [0, 0.05) is 0 Å². The molecule has 0 saturated carbocycles. The number of aryl methyl sites for hydroxylation is 1. The minimum Gasteiger partial charge on any atom is -0.435 e. The number of anilines is 1. The molecule has 0 bridgehead atoms. The van der Waals surface area contributed by atoms with E-state index in [9.17, 15) is 8.78 Å². The Morgan fingerprint density at radius 3 is 2.60 bits per heavy atom. The SMILES string of the molecule is Cc1ccc(NN=Cc2cccc(OC(F)F)c2)cc1. The number of rotatable bonds is 5. The molecule has 2 rings (SSSR count). The maximum Gasteiger partial charge on any atom is 0.387 e. The Labute approximate surface area is 115 Å². The Hall–Kier alpha value is -2.43. The molecule has 0 amide bonds. The molecular weight excluding hydrogens is 262 g/mol. The Morgan fingerprint density at radius 2 is 1.90 bits per heavy atom. The van der Waals surface area contributed by atoms with Crippen molar-refractivity contribution in [2.45, 2.75) is 13.5 Å². The van der Waals surface area contributed by atoms with Crippen LogP contribution in [0.25, 0.3) is 0 Å². The average Bonchev–Trinajstić information content (AvgIpc) is 2.41. The predicted octanol–water partition coefficient (Wildman–Crippen LogP) is 4.04. The van der Waals surface area contributed by atoms with E-state index in [0.717, 1.165) is 11.3 Å². The molecule has 0 aliphatic carbocycles. The van der Waals surface area contributed by atoms with Gasteiger partial charge in [-0.05, 0) is 36.8 Å². The van der Waals surface area contributed by atoms with Crippen molar-refractivity contribution in [1.29, 1.82) is 0 Å². The molecule has 0 fully saturated rings. The first-order valence-corrected chi connectivity index (χ1v) is 6.04. The Kier molecular flexibility index (Phi) is 4.65. The van der Waals surface area contributed by atoms with Gasteiger partial charge in [-0.15, -0.1) is 0 Å². The molecule has 0 unspecified atom stereocenters. The topological polar surface area (TPSA) is 33.6 Å². The predicted molar refractivity (Wildman–Crippen MR) is 75.5 cm³/mol. The summed E-state index contributed by atoms with van der Waals surface area (Å²) in [6.07, 6.45) is 1.54. The van der Waals surface area contributed by atoms with Crippen LogP contribution < -0.4 is 10.2 Å². The van der Waals surface area contributed by atoms with E-state index in [2.05, 4.69) is 15.3 Å². The monoisotopic (exact) mass is 276 g/mol. The van der Waals surface area contributed by atoms with E-state index in [1.165, 1.54) is 18.3 Å². The van der Waals surface area contributed by atoms with Crippen molar-refractivity contribution >= 4 is 11.9 Å². The third kappa shape index (κ3) is 4.35. The van der Waals surface area contributed by atoms with Gasteiger partial charge in [0.2, 0.25) is 0 Å². The van der Waals surface area contributed by atoms with Gasteiger partial charge in [-0.1, -0.05) is 29.8 Å². The molecule has 104 valence electrons. The van der Waals surface area contributed by atoms with Gasteiger partial charge >= 0.3 is 6.61 Å². The summed E-state index contributed by atoms with van der Waals surface area (Å²) in [5.41, 5.74) is 5.55. The molecule has 0 aliphatic heterocycles. The maximum absolute atomic E-state index is 12.1. The molecule has 1 N–H and O–H groups in total. The van der Waals surface area contributed by atoms with Crippen LogP contribution in [0.2, 0.25) is 0 Å². The van der Waals surface area contributed by atoms with Gasteiger partial charge in [0.1, 0.15) is 5.75 Å². The third-order valence-corrected chi connectivity index (χ3v) is 2.54. The van der Waals surface area contributed by atoms with Crippen molar-refractivity contribution < 1.29 is 13.5 Å². The lowest BCUT2D eigenvalue weighted by Gasteiger charge is -2.04. The van der Waals surface area contributed by atoms with Crippen LogP contribution >= 0.6 is 0 Å². The van der Waals surface area contributed by atoms with Crippen LogP contribution in [0.5, 0.6) is 5.75 Å². The zero-order chi connectivity index (χ0) is 14.4. The standard InChI is InChI=1S/C15H14F2N2O/c1-11-5-7-13(8-6-11)19-18-10-12-3-2-4-14(9-12)20-15(16)17/h2-10,15,19H,1H3. The summed E-state index contributed by atoms with van der Waals surface area (Å²) in [6, 6.07) is 14.1. The van der Waals surface area contributed by atoms with Gasteiger partial charge in [-0.2, -0.15) is 13.9 Å². The molecule has 3 nitrogen and oxygen atoms in total. The summed E-state index contributed by atoms with van der Waals surface area (Å²) in [4.78, 5) is 0. The highest BCUT2D eigenvalue weighted by Gasteiger charge is 2.03. The molecule has 0 saturated heterocycles. The molecule has 0 atom stereocenters. The van der Waals surface area contributed by atoms with E-state index in [0.29, 0.717) is 5.56 Å². The minimum atomic E-state index is -2.83. The fourth-order valence-electron chi connectivity index (χ4n) is 1.58. The normalized spacial score (nSPS) is 11.0. The maximum atomic E-state index is 12.1. The van der Waals surface area contributed by atoms with Gasteiger partial charge in [0.25, 0.3) is 0 Å². The lowest BCUT2D eigenvalue weighted by atomic mass is 10.2. The van der Waals surface area contributed by atoms with E-state index in [4.69, 9.17) is 0 Å². The molecule has 0 spiro atoms. The number of hydrogen-bond donors (Lipinski definition) is 1. The molecule has 2 aromatic rings. The molecule has 20 heavy (non-hydrogen) atoms. The number of halogens is 2. The van der Waals surface area contributed by atoms with Crippen LogP contribution in [0.1, 0.15) is 11.1 Å². The first kappa shape index (κ1) is 14.0. The first-order valence-electron chi connectivity index (χ1n) is 6.04. The fourth-order valence-corrected chi connectivity index (χ4v) is 1.58. The third-order valence-electron chi connectivity index (χ3n) is 2.54. The second kappa shape index (κ2) is 6.65. The van der Waals surface area contributed by atoms with E-state index in [-0.39, 0.29) is 5.75 Å². The van der Waals surface area contributed by atoms with Crippen molar-refractivity contribution in [3.8, 4) is 5.75 Å². The highest BCUT2D eigenvalue weighted by Crippen LogP contribution is 2.15. The Bertz CT molecular complexity index is 583. The van der Waals surface area contributed by atoms with Crippen LogP contribution in [-0.4, -0.2) is 12.8 Å². The van der Waals surface area contributed by atoms with E-state index >= 15 is 0 Å². The molecule has 0 aliphatic rings. The smallest absolute Gasteiger partial charge is 0.387 e. The van der Waals surface area contributed by atoms with Crippen LogP contribution in [0, 0.1) is 6.92 Å². The lowest BCUT2D eigenvalue weighted by Crippen LogP contribution is -2.02. The number of nitrogens with one attached hydrogen (secondary N) is 1. The molecule has 0 radical (unpaired) electrons. The zero-order valence-electron chi connectivity index (χ0n) is 10.9. The van der Waals surface area contributed by atoms with Crippen LogP contribution in [0.3, 0.4) is 0 Å². The number of nitrogens with zero attached hydrogens (tertiary/aromatic N) is 1. The summed E-state index contributed by atoms with van der Waals surface area (Å²) >= 11 is 0. The molecule has 0 heterocycles. The van der Waals surface area contributed by atoms with Crippen molar-refractivity contribution in [1.82, 2.24) is 0 Å². The highest BCUT2D eigenvalue weighted by atomic mass is 19.3. The summed E-state index contributed by atoms with van der Waals surface area (Å²) in [5, 5.41) is 4.04. The number of hydrogen-bond acceptors (Lipinski definition) is 3. The summed E-state index contributed by atoms with van der Waals surface area (Å²) in [5.74, 6) is 0.110. The number of benzene rings is 2. The Balaban J connectivity index is 1.98. The van der Waals surface area contributed by atoms with Gasteiger partial charge in [0.05, 0.1) is 11.9 Å². The van der Waals surface area contributed by atoms with Crippen molar-refractivity contribution in [2.24, 2.45) is 5.10 Å².